The second-order valence-corrected chi connectivity index (χ2v) is 6.82. The summed E-state index contributed by atoms with van der Waals surface area (Å²) in [5.41, 5.74) is 0.965. The summed E-state index contributed by atoms with van der Waals surface area (Å²) in [4.78, 5) is 8.40. The van der Waals surface area contributed by atoms with E-state index < -0.39 is 10.2 Å². The molecule has 1 aromatic heterocycles. The molecule has 1 aromatic rings. The molecule has 0 atom stereocenters. The van der Waals surface area contributed by atoms with Crippen molar-refractivity contribution in [3.05, 3.63) is 24.3 Å². The third-order valence-corrected chi connectivity index (χ3v) is 6.00. The highest BCUT2D eigenvalue weighted by Gasteiger charge is 2.32. The molecular weight excluding hydrogens is 276 g/mol. The normalized spacial score (nSPS) is 18.6. The molecule has 1 aliphatic heterocycles. The molecule has 1 saturated heterocycles. The molecule has 0 amide bonds. The van der Waals surface area contributed by atoms with Gasteiger partial charge in [0.15, 0.2) is 0 Å². The van der Waals surface area contributed by atoms with Gasteiger partial charge in [-0.15, -0.1) is 0 Å². The van der Waals surface area contributed by atoms with Crippen LogP contribution in [0.4, 0.5) is 0 Å². The predicted molar refractivity (Wildman–Crippen MR) is 77.4 cm³/mol. The summed E-state index contributed by atoms with van der Waals surface area (Å²) in [7, 11) is -3.30. The van der Waals surface area contributed by atoms with Crippen LogP contribution in [0.1, 0.15) is 38.3 Å². The van der Waals surface area contributed by atoms with Crippen LogP contribution in [0.2, 0.25) is 0 Å². The van der Waals surface area contributed by atoms with Crippen LogP contribution in [0, 0.1) is 0 Å². The van der Waals surface area contributed by atoms with Gasteiger partial charge in [0.2, 0.25) is 0 Å². The Kier molecular flexibility index (Phi) is 5.06. The summed E-state index contributed by atoms with van der Waals surface area (Å²) in [5, 5.41) is 0. The van der Waals surface area contributed by atoms with Gasteiger partial charge in [-0.1, -0.05) is 13.8 Å². The zero-order valence-electron chi connectivity index (χ0n) is 12.1. The smallest absolute Gasteiger partial charge is 0.261 e. The predicted octanol–water partition coefficient (Wildman–Crippen LogP) is 1.24. The summed E-state index contributed by atoms with van der Waals surface area (Å²) < 4.78 is 27.9. The third-order valence-electron chi connectivity index (χ3n) is 3.81. The molecule has 0 saturated carbocycles. The molecule has 1 fully saturated rings. The van der Waals surface area contributed by atoms with Crippen LogP contribution in [0.5, 0.6) is 0 Å². The van der Waals surface area contributed by atoms with Crippen LogP contribution in [0.25, 0.3) is 0 Å². The maximum Gasteiger partial charge on any atom is 0.281 e. The van der Waals surface area contributed by atoms with Crippen LogP contribution in [0.3, 0.4) is 0 Å². The van der Waals surface area contributed by atoms with Crippen molar-refractivity contribution in [3.63, 3.8) is 0 Å². The molecule has 0 N–H and O–H groups in total. The summed E-state index contributed by atoms with van der Waals surface area (Å²) in [6, 6.07) is 0. The number of hydrogen-bond donors (Lipinski definition) is 0. The van der Waals surface area contributed by atoms with Gasteiger partial charge in [0, 0.05) is 50.7 Å². The van der Waals surface area contributed by atoms with E-state index in [1.165, 1.54) is 4.31 Å². The highest BCUT2D eigenvalue weighted by atomic mass is 32.2. The molecule has 0 aliphatic carbocycles. The van der Waals surface area contributed by atoms with E-state index in [0.29, 0.717) is 32.1 Å². The van der Waals surface area contributed by atoms with Crippen molar-refractivity contribution in [2.24, 2.45) is 0 Å². The molecule has 7 heteroatoms. The van der Waals surface area contributed by atoms with E-state index in [-0.39, 0.29) is 0 Å². The van der Waals surface area contributed by atoms with Gasteiger partial charge in [-0.3, -0.25) is 9.97 Å². The summed E-state index contributed by atoms with van der Waals surface area (Å²) in [5.74, 6) is 0.312. The van der Waals surface area contributed by atoms with Crippen LogP contribution >= 0.6 is 0 Å². The Morgan fingerprint density at radius 2 is 1.90 bits per heavy atom. The lowest BCUT2D eigenvalue weighted by Gasteiger charge is -2.34. The number of rotatable bonds is 5. The average Bonchev–Trinajstić information content (AvgIpc) is 2.49. The fourth-order valence-corrected chi connectivity index (χ4v) is 4.27. The first-order valence-electron chi connectivity index (χ1n) is 7.10. The largest absolute Gasteiger partial charge is 0.281 e. The quantitative estimate of drug-likeness (QED) is 0.820. The minimum atomic E-state index is -3.30. The summed E-state index contributed by atoms with van der Waals surface area (Å²) in [6.07, 6.45) is 6.73. The molecule has 0 bridgehead atoms. The Labute approximate surface area is 121 Å². The SMILES string of the molecule is CCN(CC)S(=O)(=O)N1CCC(c2cnccn2)CC1. The Morgan fingerprint density at radius 1 is 1.25 bits per heavy atom. The molecular formula is C13H22N4O2S. The van der Waals surface area contributed by atoms with Crippen molar-refractivity contribution >= 4 is 10.2 Å². The Hall–Kier alpha value is -1.05. The van der Waals surface area contributed by atoms with Crippen LogP contribution in [-0.2, 0) is 10.2 Å². The van der Waals surface area contributed by atoms with Gasteiger partial charge in [-0.25, -0.2) is 0 Å². The van der Waals surface area contributed by atoms with Crippen molar-refractivity contribution in [3.8, 4) is 0 Å². The van der Waals surface area contributed by atoms with Crippen molar-refractivity contribution in [1.82, 2.24) is 18.6 Å². The zero-order chi connectivity index (χ0) is 14.6. The Balaban J connectivity index is 2.01. The van der Waals surface area contributed by atoms with Gasteiger partial charge < -0.3 is 0 Å². The monoisotopic (exact) mass is 298 g/mol. The average molecular weight is 298 g/mol. The molecule has 20 heavy (non-hydrogen) atoms. The van der Waals surface area contributed by atoms with Crippen LogP contribution in [0.15, 0.2) is 18.6 Å². The summed E-state index contributed by atoms with van der Waals surface area (Å²) in [6.45, 7) is 5.88. The highest BCUT2D eigenvalue weighted by molar-refractivity contribution is 7.86. The third kappa shape index (κ3) is 3.16. The van der Waals surface area contributed by atoms with Gasteiger partial charge in [0.25, 0.3) is 10.2 Å². The second-order valence-electron chi connectivity index (χ2n) is 4.90. The first kappa shape index (κ1) is 15.3. The second kappa shape index (κ2) is 6.60. The Bertz CT molecular complexity index is 508. The molecule has 0 spiro atoms. The standard InChI is InChI=1S/C13H22N4O2S/c1-3-16(4-2)20(18,19)17-9-5-12(6-10-17)13-11-14-7-8-15-13/h7-8,11-12H,3-6,9-10H2,1-2H3. The minimum Gasteiger partial charge on any atom is -0.261 e. The maximum atomic E-state index is 12.4. The van der Waals surface area contributed by atoms with E-state index in [9.17, 15) is 8.42 Å². The number of piperidine rings is 1. The number of nitrogens with zero attached hydrogens (tertiary/aromatic N) is 4. The van der Waals surface area contributed by atoms with E-state index in [1.54, 1.807) is 22.9 Å². The molecule has 0 radical (unpaired) electrons. The molecule has 2 heterocycles. The van der Waals surface area contributed by atoms with E-state index in [4.69, 9.17) is 0 Å². The van der Waals surface area contributed by atoms with Crippen LogP contribution in [-0.4, -0.2) is 53.2 Å². The highest BCUT2D eigenvalue weighted by Crippen LogP contribution is 2.27. The van der Waals surface area contributed by atoms with E-state index in [1.807, 2.05) is 13.8 Å². The lowest BCUT2D eigenvalue weighted by atomic mass is 9.95. The number of aromatic nitrogens is 2. The van der Waals surface area contributed by atoms with Crippen molar-refractivity contribution in [2.45, 2.75) is 32.6 Å². The lowest BCUT2D eigenvalue weighted by Crippen LogP contribution is -2.46. The molecule has 1 aliphatic rings. The maximum absolute atomic E-state index is 12.4. The fourth-order valence-electron chi connectivity index (χ4n) is 2.62. The van der Waals surface area contributed by atoms with Gasteiger partial charge in [0.05, 0.1) is 5.69 Å². The Morgan fingerprint density at radius 3 is 2.40 bits per heavy atom. The minimum absolute atomic E-state index is 0.312. The van der Waals surface area contributed by atoms with E-state index in [0.717, 1.165) is 18.5 Å². The van der Waals surface area contributed by atoms with Crippen molar-refractivity contribution < 1.29 is 8.42 Å². The van der Waals surface area contributed by atoms with Gasteiger partial charge in [-0.2, -0.15) is 17.0 Å². The van der Waals surface area contributed by atoms with Gasteiger partial charge in [0.1, 0.15) is 0 Å². The first-order valence-corrected chi connectivity index (χ1v) is 8.50. The van der Waals surface area contributed by atoms with Crippen molar-refractivity contribution in [2.75, 3.05) is 26.2 Å². The lowest BCUT2D eigenvalue weighted by molar-refractivity contribution is 0.289. The fraction of sp³-hybridized carbons (Fsp3) is 0.692. The molecule has 112 valence electrons. The van der Waals surface area contributed by atoms with Gasteiger partial charge in [-0.05, 0) is 12.8 Å². The van der Waals surface area contributed by atoms with E-state index >= 15 is 0 Å². The van der Waals surface area contributed by atoms with Gasteiger partial charge >= 0.3 is 0 Å². The zero-order valence-corrected chi connectivity index (χ0v) is 12.9. The molecule has 0 unspecified atom stereocenters. The first-order chi connectivity index (χ1) is 9.59. The molecule has 0 aromatic carbocycles. The van der Waals surface area contributed by atoms with Crippen LogP contribution < -0.4 is 0 Å². The van der Waals surface area contributed by atoms with Crippen molar-refractivity contribution in [1.29, 1.82) is 0 Å². The summed E-state index contributed by atoms with van der Waals surface area (Å²) >= 11 is 0. The molecule has 6 nitrogen and oxygen atoms in total. The molecule has 2 rings (SSSR count). The number of hydrogen-bond acceptors (Lipinski definition) is 4. The van der Waals surface area contributed by atoms with E-state index in [2.05, 4.69) is 9.97 Å². The topological polar surface area (TPSA) is 66.4 Å².